The smallest absolute Gasteiger partial charge is 0.00514 e. The second-order valence-electron chi connectivity index (χ2n) is 3.26. The Morgan fingerprint density at radius 3 is 1.22 bits per heavy atom. The Bertz CT molecular complexity index is 75.5. The van der Waals surface area contributed by atoms with Crippen molar-refractivity contribution < 1.29 is 0 Å². The average Bonchev–Trinajstić information content (AvgIpc) is 2.47. The highest BCUT2D eigenvalue weighted by molar-refractivity contribution is 4.60. The minimum Gasteiger partial charge on any atom is -0.330 e. The van der Waals surface area contributed by atoms with Crippen molar-refractivity contribution in [3.63, 3.8) is 0 Å². The maximum Gasteiger partial charge on any atom is -0.00514 e. The zero-order valence-corrected chi connectivity index (χ0v) is 15.1. The van der Waals surface area contributed by atoms with Gasteiger partial charge in [0.15, 0.2) is 0 Å². The first-order valence-corrected chi connectivity index (χ1v) is 8.10. The summed E-state index contributed by atoms with van der Waals surface area (Å²) in [4.78, 5) is 0. The van der Waals surface area contributed by atoms with Crippen molar-refractivity contribution in [1.82, 2.24) is 0 Å². The fourth-order valence-corrected chi connectivity index (χ4v) is 1.19. The van der Waals surface area contributed by atoms with Gasteiger partial charge in [0.2, 0.25) is 0 Å². The Morgan fingerprint density at radius 2 is 1.00 bits per heavy atom. The summed E-state index contributed by atoms with van der Waals surface area (Å²) in [6.45, 7) is 22.0. The zero-order valence-electron chi connectivity index (χ0n) is 15.1. The number of hydrogen-bond acceptors (Lipinski definition) is 2. The van der Waals surface area contributed by atoms with E-state index in [-0.39, 0.29) is 0 Å². The van der Waals surface area contributed by atoms with Crippen LogP contribution in [0.4, 0.5) is 0 Å². The monoisotopic (exact) mass is 264 g/mol. The maximum absolute atomic E-state index is 5.49. The lowest BCUT2D eigenvalue weighted by atomic mass is 9.95. The molecule has 2 unspecified atom stereocenters. The minimum atomic E-state index is 0.654. The van der Waals surface area contributed by atoms with E-state index in [9.17, 15) is 0 Å². The highest BCUT2D eigenvalue weighted by Gasteiger charge is 2.05. The fourth-order valence-electron chi connectivity index (χ4n) is 1.19. The second-order valence-corrected chi connectivity index (χ2v) is 3.26. The fraction of sp³-hybridized carbons (Fsp3) is 1.00. The third-order valence-electron chi connectivity index (χ3n) is 1.87. The number of rotatable bonds is 5. The molecule has 118 valence electrons. The Kier molecular flexibility index (Phi) is 74.4. The van der Waals surface area contributed by atoms with Gasteiger partial charge in [-0.05, 0) is 37.8 Å². The summed E-state index contributed by atoms with van der Waals surface area (Å²) < 4.78 is 0. The van der Waals surface area contributed by atoms with E-state index in [2.05, 4.69) is 13.8 Å². The van der Waals surface area contributed by atoms with Crippen LogP contribution in [0, 0.1) is 11.8 Å². The first-order chi connectivity index (χ1) is 8.70. The quantitative estimate of drug-likeness (QED) is 0.729. The van der Waals surface area contributed by atoms with Gasteiger partial charge in [-0.2, -0.15) is 0 Å². The van der Waals surface area contributed by atoms with Gasteiger partial charge >= 0.3 is 0 Å². The molecule has 0 heterocycles. The van der Waals surface area contributed by atoms with E-state index in [1.165, 1.54) is 6.42 Å². The van der Waals surface area contributed by atoms with Crippen molar-refractivity contribution in [2.45, 2.75) is 82.1 Å². The van der Waals surface area contributed by atoms with Gasteiger partial charge in [0.1, 0.15) is 0 Å². The van der Waals surface area contributed by atoms with Crippen LogP contribution in [0.1, 0.15) is 82.1 Å². The normalized spacial score (nSPS) is 10.7. The standard InChI is InChI=1S/C8H20N2.4C2H6/c1-7(3-4-9)5-8(2)6-10;4*1-2/h7-8H,3-6,9-10H2,1-2H3;4*1-2H3. The van der Waals surface area contributed by atoms with E-state index in [0.29, 0.717) is 5.92 Å². The predicted molar refractivity (Wildman–Crippen MR) is 91.1 cm³/mol. The second kappa shape index (κ2) is 43.6. The molecule has 4 N–H and O–H groups in total. The molecule has 0 spiro atoms. The number of nitrogens with two attached hydrogens (primary N) is 2. The summed E-state index contributed by atoms with van der Waals surface area (Å²) in [6, 6.07) is 0. The van der Waals surface area contributed by atoms with Crippen molar-refractivity contribution in [2.75, 3.05) is 13.1 Å². The summed E-state index contributed by atoms with van der Waals surface area (Å²) in [5, 5.41) is 0. The van der Waals surface area contributed by atoms with Crippen molar-refractivity contribution in [2.24, 2.45) is 23.3 Å². The summed E-state index contributed by atoms with van der Waals surface area (Å²) in [5.41, 5.74) is 10.9. The third kappa shape index (κ3) is 44.5. The third-order valence-corrected chi connectivity index (χ3v) is 1.87. The minimum absolute atomic E-state index is 0.654. The van der Waals surface area contributed by atoms with Gasteiger partial charge in [0, 0.05) is 0 Å². The lowest BCUT2D eigenvalue weighted by Gasteiger charge is -2.14. The Balaban J connectivity index is -0.0000000596. The molecule has 0 radical (unpaired) electrons. The molecule has 0 aromatic heterocycles. The number of hydrogen-bond donors (Lipinski definition) is 2. The van der Waals surface area contributed by atoms with E-state index in [1.807, 2.05) is 55.4 Å². The lowest BCUT2D eigenvalue weighted by molar-refractivity contribution is 0.404. The highest BCUT2D eigenvalue weighted by Crippen LogP contribution is 2.12. The molecule has 2 nitrogen and oxygen atoms in total. The van der Waals surface area contributed by atoms with E-state index < -0.39 is 0 Å². The van der Waals surface area contributed by atoms with Gasteiger partial charge in [-0.15, -0.1) is 0 Å². The molecule has 0 aromatic carbocycles. The van der Waals surface area contributed by atoms with Gasteiger partial charge in [-0.1, -0.05) is 69.2 Å². The van der Waals surface area contributed by atoms with Crippen molar-refractivity contribution in [1.29, 1.82) is 0 Å². The molecule has 0 saturated heterocycles. The first-order valence-electron chi connectivity index (χ1n) is 8.10. The van der Waals surface area contributed by atoms with Gasteiger partial charge in [0.05, 0.1) is 0 Å². The van der Waals surface area contributed by atoms with Gasteiger partial charge in [-0.3, -0.25) is 0 Å². The summed E-state index contributed by atoms with van der Waals surface area (Å²) >= 11 is 0. The summed E-state index contributed by atoms with van der Waals surface area (Å²) in [7, 11) is 0. The van der Waals surface area contributed by atoms with Crippen LogP contribution in [-0.4, -0.2) is 13.1 Å². The molecule has 0 amide bonds. The zero-order chi connectivity index (χ0) is 16.0. The largest absolute Gasteiger partial charge is 0.330 e. The van der Waals surface area contributed by atoms with Crippen LogP contribution < -0.4 is 11.5 Å². The highest BCUT2D eigenvalue weighted by atomic mass is 14.5. The molecule has 0 aliphatic rings. The average molecular weight is 265 g/mol. The predicted octanol–water partition coefficient (Wildman–Crippen LogP) is 5.06. The molecule has 0 aliphatic heterocycles. The molecule has 0 rings (SSSR count). The van der Waals surface area contributed by atoms with Crippen molar-refractivity contribution in [3.05, 3.63) is 0 Å². The summed E-state index contributed by atoms with van der Waals surface area (Å²) in [6.07, 6.45) is 2.35. The van der Waals surface area contributed by atoms with Crippen LogP contribution in [0.5, 0.6) is 0 Å². The van der Waals surface area contributed by atoms with Crippen LogP contribution in [-0.2, 0) is 0 Å². The van der Waals surface area contributed by atoms with Gasteiger partial charge in [0.25, 0.3) is 0 Å². The summed E-state index contributed by atoms with van der Waals surface area (Å²) in [5.74, 6) is 1.39. The lowest BCUT2D eigenvalue weighted by Crippen LogP contribution is -2.15. The van der Waals surface area contributed by atoms with Crippen LogP contribution in [0.15, 0.2) is 0 Å². The van der Waals surface area contributed by atoms with Crippen LogP contribution in [0.2, 0.25) is 0 Å². The topological polar surface area (TPSA) is 52.0 Å². The molecule has 2 atom stereocenters. The molecular formula is C16H44N2. The molecule has 0 aromatic rings. The molecule has 2 heteroatoms. The maximum atomic E-state index is 5.49. The Hall–Kier alpha value is -0.0800. The molecule has 0 bridgehead atoms. The SMILES string of the molecule is CC.CC.CC.CC.CC(CN)CC(C)CCN. The van der Waals surface area contributed by atoms with E-state index >= 15 is 0 Å². The van der Waals surface area contributed by atoms with E-state index in [1.54, 1.807) is 0 Å². The van der Waals surface area contributed by atoms with Crippen molar-refractivity contribution >= 4 is 0 Å². The van der Waals surface area contributed by atoms with Crippen LogP contribution in [0.3, 0.4) is 0 Å². The molecule has 0 fully saturated rings. The van der Waals surface area contributed by atoms with Gasteiger partial charge in [-0.25, -0.2) is 0 Å². The molecule has 0 aliphatic carbocycles. The Morgan fingerprint density at radius 1 is 0.667 bits per heavy atom. The van der Waals surface area contributed by atoms with Crippen LogP contribution in [0.25, 0.3) is 0 Å². The first kappa shape index (κ1) is 30.7. The van der Waals surface area contributed by atoms with Crippen LogP contribution >= 0.6 is 0 Å². The van der Waals surface area contributed by atoms with E-state index in [0.717, 1.165) is 25.4 Å². The Labute approximate surface area is 119 Å². The molecule has 18 heavy (non-hydrogen) atoms. The molecular weight excluding hydrogens is 220 g/mol. The van der Waals surface area contributed by atoms with E-state index in [4.69, 9.17) is 11.5 Å². The van der Waals surface area contributed by atoms with Gasteiger partial charge < -0.3 is 11.5 Å². The van der Waals surface area contributed by atoms with Crippen molar-refractivity contribution in [3.8, 4) is 0 Å². The molecule has 0 saturated carbocycles.